The van der Waals surface area contributed by atoms with Gasteiger partial charge in [-0.1, -0.05) is 6.92 Å². The van der Waals surface area contributed by atoms with E-state index < -0.39 is 0 Å². The Bertz CT molecular complexity index is 522. The fraction of sp³-hybridized carbons (Fsp3) is 0.842. The molecule has 8 nitrogen and oxygen atoms in total. The number of likely N-dealkylation sites (N-methyl/N-ethyl adjacent to an activating group) is 1. The number of carbonyl (C=O) groups excluding carboxylic acids is 2. The average molecular weight is 381 g/mol. The van der Waals surface area contributed by atoms with Crippen molar-refractivity contribution in [2.24, 2.45) is 4.99 Å². The van der Waals surface area contributed by atoms with E-state index in [1.807, 2.05) is 4.90 Å². The third kappa shape index (κ3) is 6.68. The zero-order valence-corrected chi connectivity index (χ0v) is 17.4. The third-order valence-corrected chi connectivity index (χ3v) is 5.34. The molecule has 0 radical (unpaired) electrons. The van der Waals surface area contributed by atoms with Crippen molar-refractivity contribution in [3.05, 3.63) is 0 Å². The first-order valence-corrected chi connectivity index (χ1v) is 10.2. The van der Waals surface area contributed by atoms with Crippen LogP contribution in [0.4, 0.5) is 0 Å². The molecular weight excluding hydrogens is 344 g/mol. The monoisotopic (exact) mass is 380 g/mol. The van der Waals surface area contributed by atoms with Gasteiger partial charge in [0.2, 0.25) is 11.8 Å². The summed E-state index contributed by atoms with van der Waals surface area (Å²) in [5, 5.41) is 3.44. The summed E-state index contributed by atoms with van der Waals surface area (Å²) in [5.74, 6) is 1.04. The van der Waals surface area contributed by atoms with Gasteiger partial charge in [-0.25, -0.2) is 4.99 Å². The van der Waals surface area contributed by atoms with Gasteiger partial charge >= 0.3 is 0 Å². The zero-order chi connectivity index (χ0) is 19.8. The molecule has 0 bridgehead atoms. The number of rotatable bonds is 6. The molecule has 0 aromatic rings. The first-order chi connectivity index (χ1) is 12.9. The van der Waals surface area contributed by atoms with E-state index in [0.29, 0.717) is 12.6 Å². The first-order valence-electron chi connectivity index (χ1n) is 10.2. The van der Waals surface area contributed by atoms with Gasteiger partial charge in [0.15, 0.2) is 5.96 Å². The number of nitrogens with zero attached hydrogens (tertiary/aromatic N) is 5. The molecule has 27 heavy (non-hydrogen) atoms. The number of piperazine rings is 1. The van der Waals surface area contributed by atoms with Crippen LogP contribution in [0.3, 0.4) is 0 Å². The van der Waals surface area contributed by atoms with Crippen molar-refractivity contribution in [1.82, 2.24) is 24.9 Å². The summed E-state index contributed by atoms with van der Waals surface area (Å²) in [6.45, 7) is 10.0. The van der Waals surface area contributed by atoms with E-state index in [0.717, 1.165) is 64.5 Å². The summed E-state index contributed by atoms with van der Waals surface area (Å²) in [6, 6.07) is 0.299. The lowest BCUT2D eigenvalue weighted by atomic mass is 10.2. The minimum atomic E-state index is -0.00621. The molecule has 2 rings (SSSR count). The second kappa shape index (κ2) is 10.5. The highest BCUT2D eigenvalue weighted by molar-refractivity contribution is 5.85. The van der Waals surface area contributed by atoms with Crippen LogP contribution in [0.15, 0.2) is 4.99 Å². The van der Waals surface area contributed by atoms with E-state index in [-0.39, 0.29) is 18.4 Å². The molecule has 0 aromatic heterocycles. The van der Waals surface area contributed by atoms with Crippen LogP contribution in [0.25, 0.3) is 0 Å². The van der Waals surface area contributed by atoms with E-state index in [1.54, 1.807) is 19.0 Å². The number of guanidine groups is 1. The molecule has 2 saturated heterocycles. The van der Waals surface area contributed by atoms with E-state index in [4.69, 9.17) is 0 Å². The SMILES string of the molecule is CCC(C)NC(=NCC(=O)N(C)C)N1CCN(CC(=O)N2CCCC2)CC1. The van der Waals surface area contributed by atoms with Gasteiger partial charge in [-0.2, -0.15) is 0 Å². The normalized spacial score (nSPS) is 19.9. The topological polar surface area (TPSA) is 71.5 Å². The van der Waals surface area contributed by atoms with Gasteiger partial charge in [0, 0.05) is 59.4 Å². The molecule has 1 unspecified atom stereocenters. The van der Waals surface area contributed by atoms with Crippen molar-refractivity contribution in [3.63, 3.8) is 0 Å². The second-order valence-electron chi connectivity index (χ2n) is 7.73. The zero-order valence-electron chi connectivity index (χ0n) is 17.4. The summed E-state index contributed by atoms with van der Waals surface area (Å²) in [5.41, 5.74) is 0. The molecule has 2 aliphatic heterocycles. The molecule has 2 fully saturated rings. The maximum Gasteiger partial charge on any atom is 0.243 e. The molecule has 0 saturated carbocycles. The van der Waals surface area contributed by atoms with E-state index in [1.165, 1.54) is 0 Å². The van der Waals surface area contributed by atoms with Crippen molar-refractivity contribution < 1.29 is 9.59 Å². The molecule has 8 heteroatoms. The van der Waals surface area contributed by atoms with Crippen molar-refractivity contribution in [2.45, 2.75) is 39.2 Å². The molecular formula is C19H36N6O2. The molecule has 2 amide bonds. The van der Waals surface area contributed by atoms with Gasteiger partial charge in [0.25, 0.3) is 0 Å². The van der Waals surface area contributed by atoms with Crippen LogP contribution in [0.1, 0.15) is 33.1 Å². The van der Waals surface area contributed by atoms with Gasteiger partial charge in [-0.05, 0) is 26.2 Å². The fourth-order valence-corrected chi connectivity index (χ4v) is 3.22. The molecule has 2 aliphatic rings. The molecule has 1 atom stereocenters. The lowest BCUT2D eigenvalue weighted by Gasteiger charge is -2.37. The Kier molecular flexibility index (Phi) is 8.34. The Balaban J connectivity index is 1.88. The quantitative estimate of drug-likeness (QED) is 0.521. The van der Waals surface area contributed by atoms with E-state index in [9.17, 15) is 9.59 Å². The van der Waals surface area contributed by atoms with Crippen LogP contribution >= 0.6 is 0 Å². The minimum absolute atomic E-state index is 0.00621. The molecule has 154 valence electrons. The standard InChI is InChI=1S/C19H36N6O2/c1-5-16(2)21-19(20-14-17(26)22(3)4)25-12-10-23(11-13-25)15-18(27)24-8-6-7-9-24/h16H,5-15H2,1-4H3,(H,20,21). The van der Waals surface area contributed by atoms with E-state index >= 15 is 0 Å². The van der Waals surface area contributed by atoms with Gasteiger partial charge < -0.3 is 20.0 Å². The minimum Gasteiger partial charge on any atom is -0.354 e. The highest BCUT2D eigenvalue weighted by Gasteiger charge is 2.25. The Morgan fingerprint density at radius 1 is 1.04 bits per heavy atom. The predicted octanol–water partition coefficient (Wildman–Crippen LogP) is 0.0587. The molecule has 2 heterocycles. The lowest BCUT2D eigenvalue weighted by Crippen LogP contribution is -2.55. The molecule has 0 aromatic carbocycles. The van der Waals surface area contributed by atoms with Crippen molar-refractivity contribution in [3.8, 4) is 0 Å². The second-order valence-corrected chi connectivity index (χ2v) is 7.73. The molecule has 0 spiro atoms. The number of nitrogens with one attached hydrogen (secondary N) is 1. The molecule has 1 N–H and O–H groups in total. The maximum absolute atomic E-state index is 12.3. The largest absolute Gasteiger partial charge is 0.354 e. The van der Waals surface area contributed by atoms with E-state index in [2.05, 4.69) is 34.0 Å². The Morgan fingerprint density at radius 2 is 1.67 bits per heavy atom. The Hall–Kier alpha value is -1.83. The van der Waals surface area contributed by atoms with Gasteiger partial charge in [0.1, 0.15) is 6.54 Å². The highest BCUT2D eigenvalue weighted by Crippen LogP contribution is 2.09. The van der Waals surface area contributed by atoms with Crippen LogP contribution in [-0.4, -0.2) is 110 Å². The number of aliphatic imine (C=N–C) groups is 1. The van der Waals surface area contributed by atoms with Crippen molar-refractivity contribution >= 4 is 17.8 Å². The number of hydrogen-bond acceptors (Lipinski definition) is 4. The van der Waals surface area contributed by atoms with Crippen molar-refractivity contribution in [1.29, 1.82) is 0 Å². The molecule has 0 aliphatic carbocycles. The summed E-state index contributed by atoms with van der Waals surface area (Å²) < 4.78 is 0. The van der Waals surface area contributed by atoms with Crippen LogP contribution in [-0.2, 0) is 9.59 Å². The smallest absolute Gasteiger partial charge is 0.243 e. The third-order valence-electron chi connectivity index (χ3n) is 5.34. The number of likely N-dealkylation sites (tertiary alicyclic amines) is 1. The maximum atomic E-state index is 12.3. The van der Waals surface area contributed by atoms with Gasteiger partial charge in [0.05, 0.1) is 6.54 Å². The average Bonchev–Trinajstić information content (AvgIpc) is 3.20. The first kappa shape index (κ1) is 21.5. The van der Waals surface area contributed by atoms with Crippen LogP contribution in [0.2, 0.25) is 0 Å². The van der Waals surface area contributed by atoms with Crippen LogP contribution < -0.4 is 5.32 Å². The van der Waals surface area contributed by atoms with Crippen molar-refractivity contribution in [2.75, 3.05) is 66.5 Å². The summed E-state index contributed by atoms with van der Waals surface area (Å²) in [6.07, 6.45) is 3.25. The number of amides is 2. The summed E-state index contributed by atoms with van der Waals surface area (Å²) >= 11 is 0. The highest BCUT2D eigenvalue weighted by atomic mass is 16.2. The Labute approximate surface area is 163 Å². The van der Waals surface area contributed by atoms with Gasteiger partial charge in [-0.3, -0.25) is 14.5 Å². The Morgan fingerprint density at radius 3 is 2.22 bits per heavy atom. The fourth-order valence-electron chi connectivity index (χ4n) is 3.22. The van der Waals surface area contributed by atoms with Gasteiger partial charge in [-0.15, -0.1) is 0 Å². The lowest BCUT2D eigenvalue weighted by molar-refractivity contribution is -0.131. The number of carbonyl (C=O) groups is 2. The summed E-state index contributed by atoms with van der Waals surface area (Å²) in [7, 11) is 3.49. The van der Waals surface area contributed by atoms with Crippen LogP contribution in [0, 0.1) is 0 Å². The van der Waals surface area contributed by atoms with Crippen LogP contribution in [0.5, 0.6) is 0 Å². The predicted molar refractivity (Wildman–Crippen MR) is 108 cm³/mol. The summed E-state index contributed by atoms with van der Waals surface area (Å²) in [4.78, 5) is 36.8. The number of hydrogen-bond donors (Lipinski definition) is 1.